The van der Waals surface area contributed by atoms with Crippen LogP contribution in [0.2, 0.25) is 0 Å². The maximum atomic E-state index is 12.8. The molecule has 0 unspecified atom stereocenters. The zero-order valence-corrected chi connectivity index (χ0v) is 13.5. The minimum atomic E-state index is -0.0434. The van der Waals surface area contributed by atoms with Crippen LogP contribution in [0.3, 0.4) is 0 Å². The van der Waals surface area contributed by atoms with Crippen molar-refractivity contribution >= 4 is 34.3 Å². The summed E-state index contributed by atoms with van der Waals surface area (Å²) in [4.78, 5) is 17.1. The highest BCUT2D eigenvalue weighted by Crippen LogP contribution is 2.22. The predicted octanol–water partition coefficient (Wildman–Crippen LogP) is 3.36. The van der Waals surface area contributed by atoms with E-state index in [1.165, 1.54) is 0 Å². The summed E-state index contributed by atoms with van der Waals surface area (Å²) >= 11 is 0. The summed E-state index contributed by atoms with van der Waals surface area (Å²) in [6.45, 7) is 0.548. The van der Waals surface area contributed by atoms with Crippen molar-refractivity contribution < 1.29 is 0 Å². The Morgan fingerprint density at radius 3 is 2.48 bits per heavy atom. The molecule has 0 N–H and O–H groups in total. The summed E-state index contributed by atoms with van der Waals surface area (Å²) < 4.78 is 3.71. The van der Waals surface area contributed by atoms with E-state index in [9.17, 15) is 4.79 Å². The van der Waals surface area contributed by atoms with Crippen LogP contribution in [-0.4, -0.2) is 14.1 Å². The van der Waals surface area contributed by atoms with Crippen LogP contribution in [0.4, 0.5) is 0 Å². The van der Waals surface area contributed by atoms with E-state index in [1.54, 1.807) is 10.9 Å². The molecule has 4 nitrogen and oxygen atoms in total. The quantitative estimate of drug-likeness (QED) is 0.567. The van der Waals surface area contributed by atoms with E-state index >= 15 is 0 Å². The van der Waals surface area contributed by atoms with Crippen LogP contribution in [-0.2, 0) is 13.6 Å². The molecule has 0 spiro atoms. The number of rotatable bonds is 2. The fourth-order valence-corrected chi connectivity index (χ4v) is 2.97. The second-order valence-corrected chi connectivity index (χ2v) is 5.45. The second-order valence-electron chi connectivity index (χ2n) is 5.45. The average Bonchev–Trinajstić information content (AvgIpc) is 2.95. The van der Waals surface area contributed by atoms with Crippen LogP contribution >= 0.6 is 12.4 Å². The molecule has 5 heteroatoms. The van der Waals surface area contributed by atoms with Crippen LogP contribution in [0, 0.1) is 0 Å². The van der Waals surface area contributed by atoms with Crippen LogP contribution < -0.4 is 5.56 Å². The molecule has 2 aromatic heterocycles. The second kappa shape index (κ2) is 5.89. The van der Waals surface area contributed by atoms with Crippen molar-refractivity contribution in [3.8, 4) is 0 Å². The normalized spacial score (nSPS) is 10.8. The lowest BCUT2D eigenvalue weighted by Gasteiger charge is -2.12. The molecule has 0 atom stereocenters. The average molecular weight is 326 g/mol. The van der Waals surface area contributed by atoms with Crippen molar-refractivity contribution in [2.24, 2.45) is 7.05 Å². The first kappa shape index (κ1) is 15.3. The number of nitrogens with zero attached hydrogens (tertiary/aromatic N) is 3. The van der Waals surface area contributed by atoms with Crippen LogP contribution in [0.1, 0.15) is 5.56 Å². The van der Waals surface area contributed by atoms with Gasteiger partial charge in [0.05, 0.1) is 23.9 Å². The van der Waals surface area contributed by atoms with Gasteiger partial charge in [-0.2, -0.15) is 0 Å². The molecule has 4 aromatic rings. The Kier molecular flexibility index (Phi) is 3.92. The van der Waals surface area contributed by atoms with Crippen LogP contribution in [0.15, 0.2) is 65.7 Å². The molecule has 4 rings (SSSR count). The molecule has 0 amide bonds. The van der Waals surface area contributed by atoms with Crippen LogP contribution in [0.5, 0.6) is 0 Å². The van der Waals surface area contributed by atoms with Gasteiger partial charge in [0, 0.05) is 12.4 Å². The van der Waals surface area contributed by atoms with Crippen molar-refractivity contribution in [3.05, 3.63) is 76.8 Å². The Balaban J connectivity index is 0.00000156. The highest BCUT2D eigenvalue weighted by molar-refractivity contribution is 6.02. The number of para-hydroxylation sites is 1. The third kappa shape index (κ3) is 2.41. The highest BCUT2D eigenvalue weighted by atomic mass is 35.5. The molecule has 23 heavy (non-hydrogen) atoms. The first-order valence-corrected chi connectivity index (χ1v) is 7.22. The lowest BCUT2D eigenvalue weighted by atomic mass is 10.1. The maximum absolute atomic E-state index is 12.8. The number of imidazole rings is 1. The number of halogens is 1. The Morgan fingerprint density at radius 1 is 1.00 bits per heavy atom. The van der Waals surface area contributed by atoms with Gasteiger partial charge in [0.15, 0.2) is 5.52 Å². The number of hydrogen-bond donors (Lipinski definition) is 0. The van der Waals surface area contributed by atoms with Gasteiger partial charge >= 0.3 is 0 Å². The molecule has 0 aliphatic carbocycles. The number of hydrogen-bond acceptors (Lipinski definition) is 2. The predicted molar refractivity (Wildman–Crippen MR) is 95.3 cm³/mol. The van der Waals surface area contributed by atoms with Gasteiger partial charge in [0.1, 0.15) is 0 Å². The molecule has 2 heterocycles. The molecule has 0 fully saturated rings. The molecule has 2 aromatic carbocycles. The molecule has 0 saturated heterocycles. The van der Waals surface area contributed by atoms with Gasteiger partial charge in [-0.1, -0.05) is 48.5 Å². The zero-order chi connectivity index (χ0) is 15.1. The van der Waals surface area contributed by atoms with Gasteiger partial charge in [0.2, 0.25) is 0 Å². The first-order chi connectivity index (χ1) is 10.8. The topological polar surface area (TPSA) is 39.8 Å². The SMILES string of the molecule is Cl.Cn1cnc2c(=O)n(Cc3ccccc3)c3ccccc3c21. The molecule has 116 valence electrons. The zero-order valence-electron chi connectivity index (χ0n) is 12.6. The molecule has 0 aliphatic rings. The summed E-state index contributed by atoms with van der Waals surface area (Å²) in [6, 6.07) is 18.0. The van der Waals surface area contributed by atoms with Gasteiger partial charge in [-0.05, 0) is 11.6 Å². The van der Waals surface area contributed by atoms with Crippen molar-refractivity contribution in [2.75, 3.05) is 0 Å². The third-order valence-corrected chi connectivity index (χ3v) is 4.02. The Bertz CT molecular complexity index is 1030. The lowest BCUT2D eigenvalue weighted by Crippen LogP contribution is -2.21. The Hall–Kier alpha value is -2.59. The monoisotopic (exact) mass is 325 g/mol. The van der Waals surface area contributed by atoms with Crippen molar-refractivity contribution in [2.45, 2.75) is 6.54 Å². The van der Waals surface area contributed by atoms with E-state index in [1.807, 2.05) is 66.2 Å². The minimum absolute atomic E-state index is 0. The van der Waals surface area contributed by atoms with Gasteiger partial charge in [-0.3, -0.25) is 4.79 Å². The maximum Gasteiger partial charge on any atom is 0.279 e. The Morgan fingerprint density at radius 2 is 1.70 bits per heavy atom. The van der Waals surface area contributed by atoms with E-state index in [4.69, 9.17) is 0 Å². The number of pyridine rings is 1. The third-order valence-electron chi connectivity index (χ3n) is 4.02. The molecule has 0 saturated carbocycles. The minimum Gasteiger partial charge on any atom is -0.333 e. The first-order valence-electron chi connectivity index (χ1n) is 7.22. The summed E-state index contributed by atoms with van der Waals surface area (Å²) in [5, 5.41) is 1.05. The van der Waals surface area contributed by atoms with Gasteiger partial charge < -0.3 is 9.13 Å². The summed E-state index contributed by atoms with van der Waals surface area (Å²) in [5.74, 6) is 0. The van der Waals surface area contributed by atoms with Gasteiger partial charge in [0.25, 0.3) is 5.56 Å². The van der Waals surface area contributed by atoms with Gasteiger partial charge in [-0.25, -0.2) is 4.98 Å². The van der Waals surface area contributed by atoms with E-state index in [2.05, 4.69) is 4.98 Å². The van der Waals surface area contributed by atoms with E-state index in [0.717, 1.165) is 22.0 Å². The van der Waals surface area contributed by atoms with Gasteiger partial charge in [-0.15, -0.1) is 12.4 Å². The van der Waals surface area contributed by atoms with E-state index < -0.39 is 0 Å². The number of fused-ring (bicyclic) bond motifs is 3. The number of aromatic nitrogens is 3. The summed E-state index contributed by atoms with van der Waals surface area (Å²) in [5.41, 5.74) is 3.41. The molecular formula is C18H16ClN3O. The molecular weight excluding hydrogens is 310 g/mol. The number of aryl methyl sites for hydroxylation is 1. The standard InChI is InChI=1S/C18H15N3O.ClH/c1-20-12-19-16-17(20)14-9-5-6-10-15(14)21(18(16)22)11-13-7-3-2-4-8-13;/h2-10,12H,11H2,1H3;1H. The largest absolute Gasteiger partial charge is 0.333 e. The van der Waals surface area contributed by atoms with E-state index in [-0.39, 0.29) is 18.0 Å². The van der Waals surface area contributed by atoms with Crippen molar-refractivity contribution in [1.82, 2.24) is 14.1 Å². The fraction of sp³-hybridized carbons (Fsp3) is 0.111. The molecule has 0 bridgehead atoms. The van der Waals surface area contributed by atoms with E-state index in [0.29, 0.717) is 12.1 Å². The highest BCUT2D eigenvalue weighted by Gasteiger charge is 2.14. The summed E-state index contributed by atoms with van der Waals surface area (Å²) in [6.07, 6.45) is 1.70. The molecule has 0 aliphatic heterocycles. The van der Waals surface area contributed by atoms with Crippen LogP contribution in [0.25, 0.3) is 21.9 Å². The number of benzene rings is 2. The lowest BCUT2D eigenvalue weighted by molar-refractivity contribution is 0.800. The smallest absolute Gasteiger partial charge is 0.279 e. The van der Waals surface area contributed by atoms with Crippen molar-refractivity contribution in [3.63, 3.8) is 0 Å². The Labute approximate surface area is 139 Å². The fourth-order valence-electron chi connectivity index (χ4n) is 2.97. The summed E-state index contributed by atoms with van der Waals surface area (Å²) in [7, 11) is 1.92. The molecule has 0 radical (unpaired) electrons. The van der Waals surface area contributed by atoms with Crippen molar-refractivity contribution in [1.29, 1.82) is 0 Å².